The number of hydrogen-bond donors (Lipinski definition) is 0. The number of nitrogens with zero attached hydrogens (tertiary/aromatic N) is 2. The summed E-state index contributed by atoms with van der Waals surface area (Å²) in [5.74, 6) is -2.48. The van der Waals surface area contributed by atoms with Crippen LogP contribution in [0.25, 0.3) is 11.0 Å². The van der Waals surface area contributed by atoms with Crippen LogP contribution in [0.15, 0.2) is 29.0 Å². The van der Waals surface area contributed by atoms with Crippen molar-refractivity contribution in [1.82, 2.24) is 9.55 Å². The summed E-state index contributed by atoms with van der Waals surface area (Å²) >= 11 is 3.35. The molecule has 0 unspecified atom stereocenters. The molecular formula is C13H13BrF2N2. The van der Waals surface area contributed by atoms with Crippen LogP contribution in [0.2, 0.25) is 0 Å². The van der Waals surface area contributed by atoms with Gasteiger partial charge >= 0.3 is 0 Å². The molecule has 0 spiro atoms. The van der Waals surface area contributed by atoms with Crippen LogP contribution >= 0.6 is 15.9 Å². The minimum atomic E-state index is -2.48. The van der Waals surface area contributed by atoms with Crippen molar-refractivity contribution >= 4 is 27.0 Å². The number of rotatable bonds is 1. The number of alkyl halides is 2. The molecule has 2 nitrogen and oxygen atoms in total. The Hall–Kier alpha value is -0.970. The van der Waals surface area contributed by atoms with Gasteiger partial charge in [-0.25, -0.2) is 13.8 Å². The zero-order valence-electron chi connectivity index (χ0n) is 9.74. The van der Waals surface area contributed by atoms with Crippen molar-refractivity contribution in [2.45, 2.75) is 37.6 Å². The number of halogens is 3. The summed E-state index contributed by atoms with van der Waals surface area (Å²) < 4.78 is 29.1. The van der Waals surface area contributed by atoms with Gasteiger partial charge in [-0.1, -0.05) is 0 Å². The zero-order valence-corrected chi connectivity index (χ0v) is 11.3. The molecule has 1 aliphatic rings. The van der Waals surface area contributed by atoms with Crippen LogP contribution in [-0.4, -0.2) is 15.5 Å². The predicted molar refractivity (Wildman–Crippen MR) is 69.9 cm³/mol. The topological polar surface area (TPSA) is 17.8 Å². The molecular weight excluding hydrogens is 302 g/mol. The Morgan fingerprint density at radius 1 is 1.22 bits per heavy atom. The largest absolute Gasteiger partial charge is 0.329 e. The van der Waals surface area contributed by atoms with E-state index in [0.29, 0.717) is 12.8 Å². The first-order valence-corrected chi connectivity index (χ1v) is 6.85. The van der Waals surface area contributed by atoms with Gasteiger partial charge in [-0.05, 0) is 47.0 Å². The second kappa shape index (κ2) is 4.30. The molecule has 0 atom stereocenters. The summed E-state index contributed by atoms with van der Waals surface area (Å²) in [5.41, 5.74) is 0.875. The van der Waals surface area contributed by atoms with Gasteiger partial charge in [-0.3, -0.25) is 0 Å². The van der Waals surface area contributed by atoms with Gasteiger partial charge < -0.3 is 4.57 Å². The Kier molecular flexibility index (Phi) is 2.88. The molecule has 96 valence electrons. The van der Waals surface area contributed by atoms with Gasteiger partial charge in [0.05, 0.1) is 0 Å². The summed E-state index contributed by atoms with van der Waals surface area (Å²) in [6, 6.07) is 6.01. The molecule has 0 bridgehead atoms. The molecule has 0 saturated heterocycles. The van der Waals surface area contributed by atoms with E-state index in [1.165, 1.54) is 0 Å². The van der Waals surface area contributed by atoms with E-state index < -0.39 is 5.92 Å². The molecule has 18 heavy (non-hydrogen) atoms. The lowest BCUT2D eigenvalue weighted by molar-refractivity contribution is -0.0436. The third kappa shape index (κ3) is 2.16. The van der Waals surface area contributed by atoms with Crippen molar-refractivity contribution in [3.8, 4) is 0 Å². The summed E-state index contributed by atoms with van der Waals surface area (Å²) in [6.07, 6.45) is 2.95. The van der Waals surface area contributed by atoms with Gasteiger partial charge in [-0.2, -0.15) is 0 Å². The quantitative estimate of drug-likeness (QED) is 0.706. The van der Waals surface area contributed by atoms with Crippen LogP contribution in [-0.2, 0) is 0 Å². The van der Waals surface area contributed by atoms with E-state index in [2.05, 4.69) is 20.9 Å². The van der Waals surface area contributed by atoms with Gasteiger partial charge in [0.15, 0.2) is 0 Å². The maximum Gasteiger partial charge on any atom is 0.248 e. The first kappa shape index (κ1) is 12.1. The van der Waals surface area contributed by atoms with Crippen LogP contribution in [0, 0.1) is 0 Å². The Balaban J connectivity index is 1.93. The van der Waals surface area contributed by atoms with E-state index in [-0.39, 0.29) is 18.9 Å². The van der Waals surface area contributed by atoms with Crippen LogP contribution in [0.4, 0.5) is 8.78 Å². The molecule has 1 fully saturated rings. The lowest BCUT2D eigenvalue weighted by Crippen LogP contribution is -2.26. The van der Waals surface area contributed by atoms with Gasteiger partial charge in [-0.15, -0.1) is 0 Å². The van der Waals surface area contributed by atoms with Crippen molar-refractivity contribution in [1.29, 1.82) is 0 Å². The van der Waals surface area contributed by atoms with E-state index >= 15 is 0 Å². The minimum absolute atomic E-state index is 0.0225. The molecule has 2 aromatic heterocycles. The third-order valence-corrected chi connectivity index (χ3v) is 4.05. The summed E-state index contributed by atoms with van der Waals surface area (Å²) in [4.78, 5) is 4.44. The lowest BCUT2D eigenvalue weighted by atomic mass is 9.92. The van der Waals surface area contributed by atoms with Gasteiger partial charge in [0.1, 0.15) is 10.3 Å². The SMILES string of the molecule is FC1(F)CCC(n2ccc3ccc(Br)nc32)CC1. The molecule has 1 saturated carbocycles. The average Bonchev–Trinajstić information content (AvgIpc) is 2.72. The highest BCUT2D eigenvalue weighted by atomic mass is 79.9. The summed E-state index contributed by atoms with van der Waals surface area (Å²) in [7, 11) is 0. The Labute approximate surface area is 112 Å². The van der Waals surface area contributed by atoms with Crippen LogP contribution in [0.5, 0.6) is 0 Å². The van der Waals surface area contributed by atoms with Crippen molar-refractivity contribution < 1.29 is 8.78 Å². The molecule has 0 amide bonds. The van der Waals surface area contributed by atoms with Gasteiger partial charge in [0.2, 0.25) is 5.92 Å². The van der Waals surface area contributed by atoms with Crippen LogP contribution in [0.3, 0.4) is 0 Å². The lowest BCUT2D eigenvalue weighted by Gasteiger charge is -2.29. The molecule has 0 aliphatic heterocycles. The molecule has 0 radical (unpaired) electrons. The summed E-state index contributed by atoms with van der Waals surface area (Å²) in [6.45, 7) is 0. The van der Waals surface area contributed by atoms with Gasteiger partial charge in [0, 0.05) is 30.5 Å². The molecule has 5 heteroatoms. The van der Waals surface area contributed by atoms with E-state index in [1.54, 1.807) is 0 Å². The standard InChI is InChI=1S/C13H13BrF2N2/c14-11-2-1-9-5-8-18(12(9)17-11)10-3-6-13(15,16)7-4-10/h1-2,5,8,10H,3-4,6-7H2. The second-order valence-corrected chi connectivity index (χ2v) is 5.67. The molecule has 0 N–H and O–H groups in total. The molecule has 2 aromatic rings. The van der Waals surface area contributed by atoms with Crippen molar-refractivity contribution in [2.75, 3.05) is 0 Å². The number of pyridine rings is 1. The van der Waals surface area contributed by atoms with Gasteiger partial charge in [0.25, 0.3) is 0 Å². The zero-order chi connectivity index (χ0) is 12.8. The molecule has 1 aliphatic carbocycles. The van der Waals surface area contributed by atoms with E-state index in [9.17, 15) is 8.78 Å². The normalized spacial score (nSPS) is 20.4. The van der Waals surface area contributed by atoms with E-state index in [4.69, 9.17) is 0 Å². The Morgan fingerprint density at radius 2 is 1.94 bits per heavy atom. The van der Waals surface area contributed by atoms with Crippen LogP contribution in [0.1, 0.15) is 31.7 Å². The highest BCUT2D eigenvalue weighted by Gasteiger charge is 2.35. The smallest absolute Gasteiger partial charge is 0.248 e. The monoisotopic (exact) mass is 314 g/mol. The van der Waals surface area contributed by atoms with Crippen LogP contribution < -0.4 is 0 Å². The minimum Gasteiger partial charge on any atom is -0.329 e. The first-order chi connectivity index (χ1) is 8.55. The number of fused-ring (bicyclic) bond motifs is 1. The highest BCUT2D eigenvalue weighted by Crippen LogP contribution is 2.39. The molecule has 0 aromatic carbocycles. The number of hydrogen-bond acceptors (Lipinski definition) is 1. The van der Waals surface area contributed by atoms with Crippen molar-refractivity contribution in [2.24, 2.45) is 0 Å². The summed E-state index contributed by atoms with van der Waals surface area (Å²) in [5, 5.41) is 1.05. The second-order valence-electron chi connectivity index (χ2n) is 4.86. The van der Waals surface area contributed by atoms with E-state index in [0.717, 1.165) is 15.6 Å². The van der Waals surface area contributed by atoms with Crippen molar-refractivity contribution in [3.05, 3.63) is 29.0 Å². The predicted octanol–water partition coefficient (Wildman–Crippen LogP) is 4.55. The van der Waals surface area contributed by atoms with E-state index in [1.807, 2.05) is 29.0 Å². The molecule has 3 rings (SSSR count). The average molecular weight is 315 g/mol. The third-order valence-electron chi connectivity index (χ3n) is 3.61. The Bertz CT molecular complexity index is 569. The highest BCUT2D eigenvalue weighted by molar-refractivity contribution is 9.10. The number of aromatic nitrogens is 2. The Morgan fingerprint density at radius 3 is 2.67 bits per heavy atom. The fourth-order valence-corrected chi connectivity index (χ4v) is 2.90. The molecule has 2 heterocycles. The first-order valence-electron chi connectivity index (χ1n) is 6.06. The maximum absolute atomic E-state index is 13.2. The fraction of sp³-hybridized carbons (Fsp3) is 0.462. The van der Waals surface area contributed by atoms with Crippen molar-refractivity contribution in [3.63, 3.8) is 0 Å². The maximum atomic E-state index is 13.2. The fourth-order valence-electron chi connectivity index (χ4n) is 2.60.